The van der Waals surface area contributed by atoms with E-state index < -0.39 is 0 Å². The number of rotatable bonds is 4. The van der Waals surface area contributed by atoms with Crippen LogP contribution in [0.2, 0.25) is 0 Å². The Bertz CT molecular complexity index is 768. The molecule has 2 aromatic heterocycles. The molecule has 0 unspecified atom stereocenters. The van der Waals surface area contributed by atoms with Crippen molar-refractivity contribution in [3.8, 4) is 0 Å². The van der Waals surface area contributed by atoms with Gasteiger partial charge in [-0.2, -0.15) is 5.10 Å². The number of nitrogens with zero attached hydrogens (tertiary/aromatic N) is 3. The normalized spacial score (nSPS) is 10.4. The predicted octanol–water partition coefficient (Wildman–Crippen LogP) is 2.72. The second kappa shape index (κ2) is 6.17. The summed E-state index contributed by atoms with van der Waals surface area (Å²) in [6.45, 7) is 0.503. The fourth-order valence-electron chi connectivity index (χ4n) is 1.98. The van der Waals surface area contributed by atoms with E-state index in [2.05, 4.69) is 15.4 Å². The number of pyridine rings is 1. The highest BCUT2D eigenvalue weighted by Gasteiger charge is 2.08. The molecule has 110 valence electrons. The largest absolute Gasteiger partial charge is 0.305 e. The van der Waals surface area contributed by atoms with Gasteiger partial charge in [0.2, 0.25) is 0 Å². The summed E-state index contributed by atoms with van der Waals surface area (Å²) in [6.07, 6.45) is 4.85. The summed E-state index contributed by atoms with van der Waals surface area (Å²) in [5.74, 6) is -0.0789. The number of amides is 1. The minimum absolute atomic E-state index is 0.264. The lowest BCUT2D eigenvalue weighted by Gasteiger charge is -2.03. The zero-order valence-electron chi connectivity index (χ0n) is 11.6. The van der Waals surface area contributed by atoms with Gasteiger partial charge in [0.05, 0.1) is 12.1 Å². The van der Waals surface area contributed by atoms with E-state index in [-0.39, 0.29) is 11.7 Å². The molecule has 0 atom stereocenters. The maximum atomic E-state index is 12.9. The maximum Gasteiger partial charge on any atom is 0.258 e. The number of carbonyl (C=O) groups excluding carboxylic acids is 1. The molecular weight excluding hydrogens is 283 g/mol. The number of anilines is 1. The van der Waals surface area contributed by atoms with Crippen molar-refractivity contribution in [2.45, 2.75) is 6.54 Å². The first-order valence-electron chi connectivity index (χ1n) is 6.70. The molecule has 3 rings (SSSR count). The molecule has 5 nitrogen and oxygen atoms in total. The molecular formula is C16H13FN4O. The summed E-state index contributed by atoms with van der Waals surface area (Å²) in [7, 11) is 0. The van der Waals surface area contributed by atoms with Gasteiger partial charge in [-0.3, -0.25) is 14.5 Å². The molecule has 0 fully saturated rings. The summed E-state index contributed by atoms with van der Waals surface area (Å²) in [5, 5.41) is 6.97. The van der Waals surface area contributed by atoms with Crippen molar-refractivity contribution in [3.63, 3.8) is 0 Å². The zero-order chi connectivity index (χ0) is 15.4. The lowest BCUT2D eigenvalue weighted by atomic mass is 10.2. The van der Waals surface area contributed by atoms with Gasteiger partial charge in [0.15, 0.2) is 5.82 Å². The van der Waals surface area contributed by atoms with Crippen LogP contribution >= 0.6 is 0 Å². The van der Waals surface area contributed by atoms with Crippen molar-refractivity contribution in [1.29, 1.82) is 0 Å². The van der Waals surface area contributed by atoms with Crippen LogP contribution < -0.4 is 5.32 Å². The van der Waals surface area contributed by atoms with Crippen LogP contribution in [0.4, 0.5) is 10.2 Å². The van der Waals surface area contributed by atoms with Crippen molar-refractivity contribution in [2.24, 2.45) is 0 Å². The Balaban J connectivity index is 1.66. The highest BCUT2D eigenvalue weighted by molar-refractivity contribution is 6.03. The molecule has 22 heavy (non-hydrogen) atoms. The first-order valence-corrected chi connectivity index (χ1v) is 6.70. The highest BCUT2D eigenvalue weighted by Crippen LogP contribution is 2.09. The predicted molar refractivity (Wildman–Crippen MR) is 79.9 cm³/mol. The number of nitrogens with one attached hydrogen (secondary N) is 1. The van der Waals surface area contributed by atoms with Gasteiger partial charge < -0.3 is 5.32 Å². The third kappa shape index (κ3) is 3.35. The van der Waals surface area contributed by atoms with E-state index in [4.69, 9.17) is 0 Å². The Morgan fingerprint density at radius 3 is 2.73 bits per heavy atom. The lowest BCUT2D eigenvalue weighted by molar-refractivity contribution is 0.102. The van der Waals surface area contributed by atoms with Gasteiger partial charge >= 0.3 is 0 Å². The van der Waals surface area contributed by atoms with Crippen LogP contribution in [-0.2, 0) is 6.54 Å². The van der Waals surface area contributed by atoms with E-state index in [0.29, 0.717) is 17.9 Å². The molecule has 0 spiro atoms. The molecule has 2 heterocycles. The summed E-state index contributed by atoms with van der Waals surface area (Å²) >= 11 is 0. The number of hydrogen-bond acceptors (Lipinski definition) is 3. The van der Waals surface area contributed by atoms with Crippen LogP contribution in [0.1, 0.15) is 15.9 Å². The smallest absolute Gasteiger partial charge is 0.258 e. The van der Waals surface area contributed by atoms with Crippen LogP contribution in [0.15, 0.2) is 61.1 Å². The SMILES string of the molecule is O=C(Nc1ccn(Cc2ccc(F)cc2)n1)c1cccnc1. The molecule has 1 N–H and O–H groups in total. The molecule has 6 heteroatoms. The second-order valence-electron chi connectivity index (χ2n) is 4.72. The van der Waals surface area contributed by atoms with E-state index in [0.717, 1.165) is 5.56 Å². The Labute approximate surface area is 126 Å². The molecule has 0 aliphatic carbocycles. The minimum atomic E-state index is -0.270. The molecule has 1 aromatic carbocycles. The quantitative estimate of drug-likeness (QED) is 0.805. The molecule has 1 amide bonds. The molecule has 0 bridgehead atoms. The summed E-state index contributed by atoms with van der Waals surface area (Å²) in [5.41, 5.74) is 1.39. The van der Waals surface area contributed by atoms with Gasteiger partial charge in [-0.1, -0.05) is 12.1 Å². The second-order valence-corrected chi connectivity index (χ2v) is 4.72. The summed E-state index contributed by atoms with van der Waals surface area (Å²) < 4.78 is 14.5. The van der Waals surface area contributed by atoms with E-state index in [9.17, 15) is 9.18 Å². The minimum Gasteiger partial charge on any atom is -0.305 e. The molecule has 0 saturated carbocycles. The van der Waals surface area contributed by atoms with Crippen LogP contribution in [-0.4, -0.2) is 20.7 Å². The summed E-state index contributed by atoms with van der Waals surface area (Å²) in [6, 6.07) is 11.3. The topological polar surface area (TPSA) is 59.8 Å². The van der Waals surface area contributed by atoms with Gasteiger partial charge in [-0.15, -0.1) is 0 Å². The fraction of sp³-hybridized carbons (Fsp3) is 0.0625. The first-order chi connectivity index (χ1) is 10.7. The molecule has 3 aromatic rings. The Morgan fingerprint density at radius 2 is 2.00 bits per heavy atom. The van der Waals surface area contributed by atoms with E-state index in [1.165, 1.54) is 18.3 Å². The van der Waals surface area contributed by atoms with Crippen LogP contribution in [0, 0.1) is 5.82 Å². The highest BCUT2D eigenvalue weighted by atomic mass is 19.1. The van der Waals surface area contributed by atoms with Crippen LogP contribution in [0.5, 0.6) is 0 Å². The average Bonchev–Trinajstić information content (AvgIpc) is 2.97. The molecule has 0 aliphatic heterocycles. The number of hydrogen-bond donors (Lipinski definition) is 1. The maximum absolute atomic E-state index is 12.9. The zero-order valence-corrected chi connectivity index (χ0v) is 11.6. The van der Waals surface area contributed by atoms with Crippen LogP contribution in [0.25, 0.3) is 0 Å². The van der Waals surface area contributed by atoms with Gasteiger partial charge in [0.25, 0.3) is 5.91 Å². The number of carbonyl (C=O) groups is 1. The number of benzene rings is 1. The molecule has 0 aliphatic rings. The third-order valence-electron chi connectivity index (χ3n) is 3.06. The van der Waals surface area contributed by atoms with Crippen LogP contribution in [0.3, 0.4) is 0 Å². The van der Waals surface area contributed by atoms with Crippen molar-refractivity contribution in [2.75, 3.05) is 5.32 Å². The Morgan fingerprint density at radius 1 is 1.18 bits per heavy atom. The van der Waals surface area contributed by atoms with Crippen molar-refractivity contribution in [3.05, 3.63) is 78.0 Å². The number of aromatic nitrogens is 3. The third-order valence-corrected chi connectivity index (χ3v) is 3.06. The van der Waals surface area contributed by atoms with E-state index in [1.807, 2.05) is 0 Å². The van der Waals surface area contributed by atoms with Gasteiger partial charge in [0, 0.05) is 24.7 Å². The van der Waals surface area contributed by atoms with Gasteiger partial charge in [0.1, 0.15) is 5.82 Å². The lowest BCUT2D eigenvalue weighted by Crippen LogP contribution is -2.13. The summed E-state index contributed by atoms with van der Waals surface area (Å²) in [4.78, 5) is 15.9. The first kappa shape index (κ1) is 13.9. The van der Waals surface area contributed by atoms with E-state index >= 15 is 0 Å². The van der Waals surface area contributed by atoms with Gasteiger partial charge in [-0.25, -0.2) is 4.39 Å². The fourth-order valence-corrected chi connectivity index (χ4v) is 1.98. The Hall–Kier alpha value is -3.02. The van der Waals surface area contributed by atoms with Crippen molar-refractivity contribution >= 4 is 11.7 Å². The molecule has 0 radical (unpaired) electrons. The average molecular weight is 296 g/mol. The van der Waals surface area contributed by atoms with E-state index in [1.54, 1.807) is 47.4 Å². The van der Waals surface area contributed by atoms with Crippen molar-refractivity contribution in [1.82, 2.24) is 14.8 Å². The standard InChI is InChI=1S/C16H13FN4O/c17-14-5-3-12(4-6-14)11-21-9-7-15(20-21)19-16(22)13-2-1-8-18-10-13/h1-10H,11H2,(H,19,20,22). The monoisotopic (exact) mass is 296 g/mol. The molecule has 0 saturated heterocycles. The van der Waals surface area contributed by atoms with Crippen molar-refractivity contribution < 1.29 is 9.18 Å². The van der Waals surface area contributed by atoms with Gasteiger partial charge in [-0.05, 0) is 29.8 Å². The Kier molecular flexibility index (Phi) is 3.91. The number of halogens is 1.